The van der Waals surface area contributed by atoms with Crippen molar-refractivity contribution in [3.63, 3.8) is 0 Å². The molecule has 17 heavy (non-hydrogen) atoms. The van der Waals surface area contributed by atoms with E-state index in [1.54, 1.807) is 6.07 Å². The third-order valence-corrected chi connectivity index (χ3v) is 2.70. The highest BCUT2D eigenvalue weighted by Gasteiger charge is 2.34. The standard InChI is InChI=1S/C11H10F3N3/c12-11(13,14)10-2-1-9(3-7(10)4-15)17-5-8(16)6-17/h1-3,8H,5-6,16H2. The first-order valence-electron chi connectivity index (χ1n) is 5.03. The number of nitrogens with zero attached hydrogens (tertiary/aromatic N) is 2. The molecule has 2 N–H and O–H groups in total. The molecule has 0 aliphatic carbocycles. The van der Waals surface area contributed by atoms with Gasteiger partial charge in [0.2, 0.25) is 0 Å². The Morgan fingerprint density at radius 3 is 2.47 bits per heavy atom. The number of nitrogens with two attached hydrogens (primary N) is 1. The predicted molar refractivity (Wildman–Crippen MR) is 56.3 cm³/mol. The van der Waals surface area contributed by atoms with E-state index in [0.29, 0.717) is 18.8 Å². The first-order valence-corrected chi connectivity index (χ1v) is 5.03. The average Bonchev–Trinajstić information content (AvgIpc) is 2.22. The first-order chi connectivity index (χ1) is 7.91. The van der Waals surface area contributed by atoms with Crippen molar-refractivity contribution >= 4 is 5.69 Å². The van der Waals surface area contributed by atoms with Crippen LogP contribution in [0.15, 0.2) is 18.2 Å². The molecule has 0 radical (unpaired) electrons. The van der Waals surface area contributed by atoms with Crippen LogP contribution in [0.2, 0.25) is 0 Å². The van der Waals surface area contributed by atoms with Gasteiger partial charge in [-0.25, -0.2) is 0 Å². The fourth-order valence-electron chi connectivity index (χ4n) is 1.79. The van der Waals surface area contributed by atoms with Crippen molar-refractivity contribution in [1.82, 2.24) is 0 Å². The van der Waals surface area contributed by atoms with Crippen LogP contribution in [0, 0.1) is 11.3 Å². The average molecular weight is 241 g/mol. The van der Waals surface area contributed by atoms with Crippen molar-refractivity contribution in [3.05, 3.63) is 29.3 Å². The van der Waals surface area contributed by atoms with Gasteiger partial charge in [0.15, 0.2) is 0 Å². The normalized spacial score (nSPS) is 16.5. The largest absolute Gasteiger partial charge is 0.417 e. The van der Waals surface area contributed by atoms with Gasteiger partial charge in [-0.2, -0.15) is 18.4 Å². The third kappa shape index (κ3) is 2.19. The van der Waals surface area contributed by atoms with Gasteiger partial charge in [0.05, 0.1) is 17.2 Å². The summed E-state index contributed by atoms with van der Waals surface area (Å²) in [5.74, 6) is 0. The maximum absolute atomic E-state index is 12.5. The maximum Gasteiger partial charge on any atom is 0.417 e. The summed E-state index contributed by atoms with van der Waals surface area (Å²) in [5.41, 5.74) is 4.95. The molecule has 0 atom stereocenters. The third-order valence-electron chi connectivity index (χ3n) is 2.70. The van der Waals surface area contributed by atoms with Crippen LogP contribution in [-0.2, 0) is 6.18 Å². The molecule has 0 aromatic heterocycles. The zero-order chi connectivity index (χ0) is 12.6. The van der Waals surface area contributed by atoms with Gasteiger partial charge in [-0.15, -0.1) is 0 Å². The van der Waals surface area contributed by atoms with Crippen molar-refractivity contribution in [2.75, 3.05) is 18.0 Å². The molecule has 0 amide bonds. The molecule has 1 saturated heterocycles. The van der Waals surface area contributed by atoms with Crippen LogP contribution in [0.5, 0.6) is 0 Å². The molecule has 0 unspecified atom stereocenters. The summed E-state index contributed by atoms with van der Waals surface area (Å²) in [6, 6.07) is 5.21. The fraction of sp³-hybridized carbons (Fsp3) is 0.364. The van der Waals surface area contributed by atoms with Crippen molar-refractivity contribution in [2.45, 2.75) is 12.2 Å². The van der Waals surface area contributed by atoms with Crippen molar-refractivity contribution in [1.29, 1.82) is 5.26 Å². The van der Waals surface area contributed by atoms with Crippen LogP contribution in [0.3, 0.4) is 0 Å². The lowest BCUT2D eigenvalue weighted by atomic mass is 10.0. The zero-order valence-electron chi connectivity index (χ0n) is 8.83. The number of hydrogen-bond acceptors (Lipinski definition) is 3. The van der Waals surface area contributed by atoms with E-state index in [4.69, 9.17) is 11.0 Å². The molecule has 1 aliphatic heterocycles. The van der Waals surface area contributed by atoms with Crippen LogP contribution in [0.25, 0.3) is 0 Å². The molecule has 90 valence electrons. The summed E-state index contributed by atoms with van der Waals surface area (Å²) in [5, 5.41) is 8.74. The highest BCUT2D eigenvalue weighted by Crippen LogP contribution is 2.34. The summed E-state index contributed by atoms with van der Waals surface area (Å²) in [4.78, 5) is 1.84. The predicted octanol–water partition coefficient (Wildman–Crippen LogP) is 1.72. The molecule has 6 heteroatoms. The van der Waals surface area contributed by atoms with Gasteiger partial charge in [0, 0.05) is 24.8 Å². The van der Waals surface area contributed by atoms with Crippen LogP contribution >= 0.6 is 0 Å². The molecular formula is C11H10F3N3. The number of nitriles is 1. The Hall–Kier alpha value is -1.74. The van der Waals surface area contributed by atoms with E-state index in [9.17, 15) is 13.2 Å². The maximum atomic E-state index is 12.5. The highest BCUT2D eigenvalue weighted by molar-refractivity contribution is 5.57. The second kappa shape index (κ2) is 3.93. The summed E-state index contributed by atoms with van der Waals surface area (Å²) in [7, 11) is 0. The van der Waals surface area contributed by atoms with Gasteiger partial charge < -0.3 is 10.6 Å². The monoisotopic (exact) mass is 241 g/mol. The SMILES string of the molecule is N#Cc1cc(N2CC(N)C2)ccc1C(F)(F)F. The lowest BCUT2D eigenvalue weighted by Crippen LogP contribution is -2.55. The Kier molecular flexibility index (Phi) is 2.71. The Labute approximate surface area is 96.2 Å². The van der Waals surface area contributed by atoms with Crippen LogP contribution in [0.1, 0.15) is 11.1 Å². The van der Waals surface area contributed by atoms with Crippen LogP contribution < -0.4 is 10.6 Å². The van der Waals surface area contributed by atoms with E-state index < -0.39 is 11.7 Å². The Morgan fingerprint density at radius 1 is 1.35 bits per heavy atom. The summed E-state index contributed by atoms with van der Waals surface area (Å²) >= 11 is 0. The van der Waals surface area contributed by atoms with Crippen molar-refractivity contribution in [3.8, 4) is 6.07 Å². The van der Waals surface area contributed by atoms with Gasteiger partial charge in [-0.3, -0.25) is 0 Å². The fourth-order valence-corrected chi connectivity index (χ4v) is 1.79. The number of rotatable bonds is 1. The number of halogens is 3. The van der Waals surface area contributed by atoms with Gasteiger partial charge >= 0.3 is 6.18 Å². The molecule has 1 heterocycles. The molecule has 0 bridgehead atoms. The first kappa shape index (κ1) is 11.7. The molecule has 1 aliphatic rings. The number of benzene rings is 1. The second-order valence-electron chi connectivity index (χ2n) is 4.00. The van der Waals surface area contributed by atoms with Gasteiger partial charge in [0.25, 0.3) is 0 Å². The smallest absolute Gasteiger partial charge is 0.368 e. The van der Waals surface area contributed by atoms with E-state index in [2.05, 4.69) is 0 Å². The van der Waals surface area contributed by atoms with E-state index in [1.807, 2.05) is 4.90 Å². The van der Waals surface area contributed by atoms with Gasteiger partial charge in [-0.1, -0.05) is 0 Å². The lowest BCUT2D eigenvalue weighted by molar-refractivity contribution is -0.137. The minimum Gasteiger partial charge on any atom is -0.368 e. The Balaban J connectivity index is 2.33. The Bertz CT molecular complexity index is 470. The minimum atomic E-state index is -4.49. The van der Waals surface area contributed by atoms with E-state index >= 15 is 0 Å². The highest BCUT2D eigenvalue weighted by atomic mass is 19.4. The number of anilines is 1. The van der Waals surface area contributed by atoms with Crippen LogP contribution in [-0.4, -0.2) is 19.1 Å². The molecule has 2 rings (SSSR count). The van der Waals surface area contributed by atoms with Gasteiger partial charge in [-0.05, 0) is 18.2 Å². The molecule has 3 nitrogen and oxygen atoms in total. The van der Waals surface area contributed by atoms with E-state index in [1.165, 1.54) is 12.1 Å². The molecule has 1 aromatic carbocycles. The van der Waals surface area contributed by atoms with Crippen molar-refractivity contribution in [2.24, 2.45) is 5.73 Å². The zero-order valence-corrected chi connectivity index (χ0v) is 8.83. The van der Waals surface area contributed by atoms with Crippen LogP contribution in [0.4, 0.5) is 18.9 Å². The molecule has 1 fully saturated rings. The summed E-state index contributed by atoms with van der Waals surface area (Å²) < 4.78 is 37.6. The quantitative estimate of drug-likeness (QED) is 0.814. The number of alkyl halides is 3. The second-order valence-corrected chi connectivity index (χ2v) is 4.00. The summed E-state index contributed by atoms with van der Waals surface area (Å²) in [6.07, 6.45) is -4.49. The lowest BCUT2D eigenvalue weighted by Gasteiger charge is -2.39. The number of hydrogen-bond donors (Lipinski definition) is 1. The minimum absolute atomic E-state index is 0.0582. The van der Waals surface area contributed by atoms with E-state index in [-0.39, 0.29) is 11.6 Å². The van der Waals surface area contributed by atoms with Crippen molar-refractivity contribution < 1.29 is 13.2 Å². The molecule has 1 aromatic rings. The van der Waals surface area contributed by atoms with E-state index in [0.717, 1.165) is 6.07 Å². The molecular weight excluding hydrogens is 231 g/mol. The van der Waals surface area contributed by atoms with Gasteiger partial charge in [0.1, 0.15) is 0 Å². The Morgan fingerprint density at radius 2 is 2.00 bits per heavy atom. The molecule has 0 saturated carbocycles. The topological polar surface area (TPSA) is 53.0 Å². The summed E-state index contributed by atoms with van der Waals surface area (Å²) in [6.45, 7) is 1.21. The molecule has 0 spiro atoms.